The third kappa shape index (κ3) is 16.7. The van der Waals surface area contributed by atoms with Crippen LogP contribution < -0.4 is 29.1 Å². The van der Waals surface area contributed by atoms with Crippen molar-refractivity contribution in [3.05, 3.63) is 226 Å². The van der Waals surface area contributed by atoms with E-state index in [4.69, 9.17) is 23.7 Å². The van der Waals surface area contributed by atoms with Gasteiger partial charge in [-0.05, 0) is 58.9 Å². The number of pyridine rings is 1. The Hall–Kier alpha value is -7.51. The lowest BCUT2D eigenvalue weighted by Crippen LogP contribution is -2.16. The molecule has 0 saturated heterocycles. The third-order valence-corrected chi connectivity index (χ3v) is 13.6. The molecule has 0 aliphatic rings. The van der Waals surface area contributed by atoms with E-state index in [1.807, 2.05) is 182 Å². The van der Waals surface area contributed by atoms with Crippen LogP contribution in [0.2, 0.25) is 0 Å². The number of rotatable bonds is 32. The molecule has 7 aromatic carbocycles. The summed E-state index contributed by atoms with van der Waals surface area (Å²) in [5.74, 6) is 2.30. The fourth-order valence-corrected chi connectivity index (χ4v) is 9.40. The summed E-state index contributed by atoms with van der Waals surface area (Å²) in [4.78, 5) is 15.6. The van der Waals surface area contributed by atoms with Crippen LogP contribution in [0.3, 0.4) is 0 Å². The number of benzene rings is 7. The molecule has 388 valence electrons. The van der Waals surface area contributed by atoms with Gasteiger partial charge in [0, 0.05) is 23.9 Å². The first-order valence-corrected chi connectivity index (χ1v) is 27.5. The van der Waals surface area contributed by atoms with E-state index < -0.39 is 0 Å². The van der Waals surface area contributed by atoms with Crippen LogP contribution in [-0.2, 0) is 33.0 Å². The van der Waals surface area contributed by atoms with Crippen LogP contribution in [0.5, 0.6) is 28.7 Å². The molecule has 0 amide bonds. The third-order valence-electron chi connectivity index (χ3n) is 13.6. The Morgan fingerprint density at radius 1 is 0.400 bits per heavy atom. The van der Waals surface area contributed by atoms with Gasteiger partial charge < -0.3 is 28.3 Å². The first kappa shape index (κ1) is 53.8. The summed E-state index contributed by atoms with van der Waals surface area (Å²) in [6.45, 7) is 3.71. The quantitative estimate of drug-likeness (QED) is 0.0392. The summed E-state index contributed by atoms with van der Waals surface area (Å²) in [5.41, 5.74) is 6.63. The topological polar surface area (TPSA) is 68.2 Å². The molecule has 8 rings (SSSR count). The molecule has 0 unspecified atom stereocenters. The van der Waals surface area contributed by atoms with Gasteiger partial charge in [0.15, 0.2) is 17.2 Å². The van der Waals surface area contributed by atoms with Crippen LogP contribution in [0.4, 0.5) is 0 Å². The zero-order valence-corrected chi connectivity index (χ0v) is 44.0. The second kappa shape index (κ2) is 30.0. The van der Waals surface area contributed by atoms with Crippen LogP contribution in [0.25, 0.3) is 28.4 Å². The second-order valence-corrected chi connectivity index (χ2v) is 19.5. The van der Waals surface area contributed by atoms with Crippen molar-refractivity contribution in [1.29, 1.82) is 0 Å². The SMILES string of the molecule is CCCCCCCCCCCCCCCCC=Cn1c(-c2ccc(OCc3ccccc3)c(OCc3ccccc3)c2)c(OCc2ccccc2)c(=O)c2c(OCc3ccccc3)cc(OCc3ccccc3)cc21. The average Bonchev–Trinajstić information content (AvgIpc) is 3.47. The van der Waals surface area contributed by atoms with E-state index in [-0.39, 0.29) is 24.4 Å². The van der Waals surface area contributed by atoms with Crippen LogP contribution in [0.1, 0.15) is 131 Å². The van der Waals surface area contributed by atoms with E-state index in [9.17, 15) is 0 Å². The summed E-state index contributed by atoms with van der Waals surface area (Å²) >= 11 is 0. The smallest absolute Gasteiger partial charge is 0.235 e. The number of allylic oxidation sites excluding steroid dienone is 1. The van der Waals surface area contributed by atoms with Crippen molar-refractivity contribution in [2.45, 2.75) is 136 Å². The van der Waals surface area contributed by atoms with Gasteiger partial charge in [-0.3, -0.25) is 4.79 Å². The van der Waals surface area contributed by atoms with Crippen LogP contribution in [0.15, 0.2) is 193 Å². The molecule has 0 fully saturated rings. The highest BCUT2D eigenvalue weighted by molar-refractivity contribution is 5.93. The fourth-order valence-electron chi connectivity index (χ4n) is 9.40. The summed E-state index contributed by atoms with van der Waals surface area (Å²) in [6, 6.07) is 60.0. The van der Waals surface area contributed by atoms with Crippen LogP contribution in [-0.4, -0.2) is 4.57 Å². The van der Waals surface area contributed by atoms with Gasteiger partial charge in [0.1, 0.15) is 44.5 Å². The van der Waals surface area contributed by atoms with Crippen molar-refractivity contribution in [2.75, 3.05) is 0 Å². The molecule has 0 aliphatic carbocycles. The lowest BCUT2D eigenvalue weighted by Gasteiger charge is -2.22. The Bertz CT molecular complexity index is 2990. The van der Waals surface area contributed by atoms with Gasteiger partial charge in [-0.25, -0.2) is 0 Å². The molecule has 0 atom stereocenters. The van der Waals surface area contributed by atoms with Crippen molar-refractivity contribution in [3.63, 3.8) is 0 Å². The first-order valence-electron chi connectivity index (χ1n) is 27.5. The van der Waals surface area contributed by atoms with E-state index in [1.165, 1.54) is 77.0 Å². The maximum absolute atomic E-state index is 15.6. The number of ether oxygens (including phenoxy) is 5. The Morgan fingerprint density at radius 3 is 1.29 bits per heavy atom. The zero-order valence-electron chi connectivity index (χ0n) is 44.0. The number of hydrogen-bond donors (Lipinski definition) is 0. The van der Waals surface area contributed by atoms with Crippen molar-refractivity contribution < 1.29 is 23.7 Å². The van der Waals surface area contributed by atoms with Gasteiger partial charge in [-0.2, -0.15) is 0 Å². The standard InChI is InChI=1S/C68H75NO6/c1-2-3-4-5-6-7-8-9-10-11-12-13-14-15-16-32-45-69-61-47-60(71-49-54-33-22-17-23-34-54)48-64(74-52-57-39-28-20-29-40-57)65(61)67(70)68(75-53-58-41-30-21-31-42-58)66(69)59-43-44-62(72-50-55-35-24-18-25-36-55)63(46-59)73-51-56-37-26-19-27-38-56/h17-48H,2-16,49-53H2,1H3. The molecule has 0 radical (unpaired) electrons. The van der Waals surface area contributed by atoms with Gasteiger partial charge >= 0.3 is 0 Å². The van der Waals surface area contributed by atoms with Gasteiger partial charge in [-0.15, -0.1) is 0 Å². The lowest BCUT2D eigenvalue weighted by molar-refractivity contribution is 0.256. The van der Waals surface area contributed by atoms with E-state index in [1.54, 1.807) is 0 Å². The first-order chi connectivity index (χ1) is 37.1. The van der Waals surface area contributed by atoms with Crippen molar-refractivity contribution in [1.82, 2.24) is 4.57 Å². The maximum Gasteiger partial charge on any atom is 0.235 e. The molecule has 0 aliphatic heterocycles. The molecule has 0 bridgehead atoms. The molecule has 7 nitrogen and oxygen atoms in total. The molecule has 1 heterocycles. The Balaban J connectivity index is 1.18. The maximum atomic E-state index is 15.6. The summed E-state index contributed by atoms with van der Waals surface area (Å²) in [5, 5.41) is 0.398. The van der Waals surface area contributed by atoms with Crippen LogP contribution in [0, 0.1) is 0 Å². The summed E-state index contributed by atoms with van der Waals surface area (Å²) in [6.07, 6.45) is 23.5. The van der Waals surface area contributed by atoms with E-state index >= 15 is 4.79 Å². The fraction of sp³-hybridized carbons (Fsp3) is 0.309. The highest BCUT2D eigenvalue weighted by Gasteiger charge is 2.25. The Labute approximate surface area is 445 Å². The number of nitrogens with zero attached hydrogens (tertiary/aromatic N) is 1. The predicted octanol–water partition coefficient (Wildman–Crippen LogP) is 17.9. The molecule has 1 aromatic heterocycles. The number of aromatic nitrogens is 1. The van der Waals surface area contributed by atoms with E-state index in [0.29, 0.717) is 59.4 Å². The molecule has 75 heavy (non-hydrogen) atoms. The monoisotopic (exact) mass is 1000 g/mol. The van der Waals surface area contributed by atoms with Crippen LogP contribution >= 0.6 is 0 Å². The highest BCUT2D eigenvalue weighted by atomic mass is 16.5. The summed E-state index contributed by atoms with van der Waals surface area (Å²) in [7, 11) is 0. The predicted molar refractivity (Wildman–Crippen MR) is 308 cm³/mol. The molecular formula is C68H75NO6. The second-order valence-electron chi connectivity index (χ2n) is 19.5. The number of hydrogen-bond acceptors (Lipinski definition) is 6. The zero-order chi connectivity index (χ0) is 51.5. The van der Waals surface area contributed by atoms with E-state index in [0.717, 1.165) is 52.6 Å². The van der Waals surface area contributed by atoms with Crippen molar-refractivity contribution in [3.8, 4) is 40.0 Å². The number of unbranched alkanes of at least 4 members (excludes halogenated alkanes) is 14. The van der Waals surface area contributed by atoms with Crippen molar-refractivity contribution >= 4 is 17.1 Å². The normalized spacial score (nSPS) is 11.3. The molecule has 8 aromatic rings. The Kier molecular flexibility index (Phi) is 21.5. The van der Waals surface area contributed by atoms with Gasteiger partial charge in [0.05, 0.1) is 16.6 Å². The minimum atomic E-state index is -0.290. The van der Waals surface area contributed by atoms with Gasteiger partial charge in [-0.1, -0.05) is 248 Å². The Morgan fingerprint density at radius 2 is 0.813 bits per heavy atom. The largest absolute Gasteiger partial charge is 0.489 e. The molecular weight excluding hydrogens is 927 g/mol. The van der Waals surface area contributed by atoms with Crippen molar-refractivity contribution in [2.24, 2.45) is 0 Å². The molecule has 0 N–H and O–H groups in total. The molecule has 0 spiro atoms. The summed E-state index contributed by atoms with van der Waals surface area (Å²) < 4.78 is 35.4. The minimum Gasteiger partial charge on any atom is -0.489 e. The number of fused-ring (bicyclic) bond motifs is 1. The molecule has 7 heteroatoms. The highest BCUT2D eigenvalue weighted by Crippen LogP contribution is 2.41. The molecule has 0 saturated carbocycles. The average molecular weight is 1000 g/mol. The van der Waals surface area contributed by atoms with E-state index in [2.05, 4.69) is 23.8 Å². The minimum absolute atomic E-state index is 0.172. The van der Waals surface area contributed by atoms with Gasteiger partial charge in [0.2, 0.25) is 5.43 Å². The lowest BCUT2D eigenvalue weighted by atomic mass is 10.0. The van der Waals surface area contributed by atoms with Gasteiger partial charge in [0.25, 0.3) is 0 Å².